The normalized spacial score (nSPS) is 20.3. The van der Waals surface area contributed by atoms with E-state index in [1.807, 2.05) is 17.8 Å². The lowest BCUT2D eigenvalue weighted by molar-refractivity contribution is 0.428. The Bertz CT molecular complexity index is 778. The summed E-state index contributed by atoms with van der Waals surface area (Å²) in [6.45, 7) is 0.971. The minimum atomic E-state index is -3.62. The maximum atomic E-state index is 12.9. The SMILES string of the molecule is O=S(=O)(c1cc(Cl)ccc1Cl)N1CCSC(c2cccs2)CC1. The van der Waals surface area contributed by atoms with Crippen LogP contribution in [0.5, 0.6) is 0 Å². The van der Waals surface area contributed by atoms with Gasteiger partial charge in [0.1, 0.15) is 4.90 Å². The van der Waals surface area contributed by atoms with E-state index in [2.05, 4.69) is 11.4 Å². The van der Waals surface area contributed by atoms with Crippen molar-refractivity contribution >= 4 is 56.3 Å². The van der Waals surface area contributed by atoms with E-state index in [1.165, 1.54) is 21.3 Å². The molecule has 23 heavy (non-hydrogen) atoms. The van der Waals surface area contributed by atoms with Crippen LogP contribution in [0.15, 0.2) is 40.6 Å². The maximum absolute atomic E-state index is 12.9. The molecule has 1 aliphatic rings. The fourth-order valence-electron chi connectivity index (χ4n) is 2.51. The van der Waals surface area contributed by atoms with Crippen LogP contribution >= 0.6 is 46.3 Å². The number of benzene rings is 1. The lowest BCUT2D eigenvalue weighted by atomic mass is 10.2. The Kier molecular flexibility index (Phi) is 5.61. The number of thioether (sulfide) groups is 1. The van der Waals surface area contributed by atoms with Gasteiger partial charge in [0.15, 0.2) is 0 Å². The highest BCUT2D eigenvalue weighted by Gasteiger charge is 2.30. The van der Waals surface area contributed by atoms with Gasteiger partial charge in [0.05, 0.1) is 5.02 Å². The highest BCUT2D eigenvalue weighted by molar-refractivity contribution is 7.99. The van der Waals surface area contributed by atoms with Crippen molar-refractivity contribution in [3.63, 3.8) is 0 Å². The summed E-state index contributed by atoms with van der Waals surface area (Å²) >= 11 is 15.6. The molecule has 2 heterocycles. The van der Waals surface area contributed by atoms with Gasteiger partial charge >= 0.3 is 0 Å². The van der Waals surface area contributed by atoms with Crippen LogP contribution in [0, 0.1) is 0 Å². The summed E-state index contributed by atoms with van der Waals surface area (Å²) < 4.78 is 27.3. The van der Waals surface area contributed by atoms with E-state index < -0.39 is 10.0 Å². The molecule has 3 nitrogen and oxygen atoms in total. The third-order valence-electron chi connectivity index (χ3n) is 3.67. The lowest BCUT2D eigenvalue weighted by Crippen LogP contribution is -2.33. The lowest BCUT2D eigenvalue weighted by Gasteiger charge is -2.20. The number of thiophene rings is 1. The van der Waals surface area contributed by atoms with Gasteiger partial charge in [0.25, 0.3) is 0 Å². The second-order valence-corrected chi connectivity index (χ2v) is 10.2. The highest BCUT2D eigenvalue weighted by atomic mass is 35.5. The van der Waals surface area contributed by atoms with Crippen molar-refractivity contribution in [2.24, 2.45) is 0 Å². The highest BCUT2D eigenvalue weighted by Crippen LogP contribution is 2.38. The summed E-state index contributed by atoms with van der Waals surface area (Å²) in [7, 11) is -3.62. The molecule has 1 unspecified atom stereocenters. The Morgan fingerprint density at radius 2 is 2.00 bits per heavy atom. The molecule has 1 saturated heterocycles. The molecule has 1 aromatic carbocycles. The topological polar surface area (TPSA) is 37.4 Å². The molecule has 0 radical (unpaired) electrons. The Balaban J connectivity index is 1.82. The fraction of sp³-hybridized carbons (Fsp3) is 0.333. The number of hydrogen-bond donors (Lipinski definition) is 0. The van der Waals surface area contributed by atoms with Crippen molar-refractivity contribution in [3.8, 4) is 0 Å². The summed E-state index contributed by atoms with van der Waals surface area (Å²) in [5, 5.41) is 2.99. The first-order chi connectivity index (χ1) is 11.0. The van der Waals surface area contributed by atoms with Crippen LogP contribution in [-0.4, -0.2) is 31.6 Å². The Labute approximate surface area is 154 Å². The molecule has 0 saturated carbocycles. The minimum Gasteiger partial charge on any atom is -0.207 e. The monoisotopic (exact) mass is 407 g/mol. The van der Waals surface area contributed by atoms with Crippen molar-refractivity contribution in [1.82, 2.24) is 4.31 Å². The van der Waals surface area contributed by atoms with Crippen LogP contribution in [0.1, 0.15) is 16.5 Å². The molecule has 1 fully saturated rings. The van der Waals surface area contributed by atoms with Crippen LogP contribution in [0.3, 0.4) is 0 Å². The summed E-state index contributed by atoms with van der Waals surface area (Å²) in [5.41, 5.74) is 0. The minimum absolute atomic E-state index is 0.0891. The maximum Gasteiger partial charge on any atom is 0.244 e. The van der Waals surface area contributed by atoms with Crippen molar-refractivity contribution in [3.05, 3.63) is 50.6 Å². The van der Waals surface area contributed by atoms with E-state index in [9.17, 15) is 8.42 Å². The largest absolute Gasteiger partial charge is 0.244 e. The molecule has 0 aliphatic carbocycles. The molecule has 1 aliphatic heterocycles. The number of rotatable bonds is 3. The van der Waals surface area contributed by atoms with Crippen molar-refractivity contribution in [2.75, 3.05) is 18.8 Å². The molecule has 124 valence electrons. The molecule has 0 amide bonds. The number of nitrogens with zero attached hydrogens (tertiary/aromatic N) is 1. The number of hydrogen-bond acceptors (Lipinski definition) is 4. The van der Waals surface area contributed by atoms with Gasteiger partial charge in [-0.3, -0.25) is 0 Å². The molecule has 0 N–H and O–H groups in total. The van der Waals surface area contributed by atoms with E-state index in [-0.39, 0.29) is 9.92 Å². The van der Waals surface area contributed by atoms with Crippen LogP contribution in [0.4, 0.5) is 0 Å². The molecule has 8 heteroatoms. The van der Waals surface area contributed by atoms with Crippen LogP contribution < -0.4 is 0 Å². The second kappa shape index (κ2) is 7.33. The first-order valence-electron chi connectivity index (χ1n) is 7.08. The third-order valence-corrected chi connectivity index (χ3v) is 8.73. The van der Waals surface area contributed by atoms with Gasteiger partial charge < -0.3 is 0 Å². The fourth-order valence-corrected chi connectivity index (χ4v) is 7.05. The first-order valence-corrected chi connectivity index (χ1v) is 11.2. The van der Waals surface area contributed by atoms with E-state index in [0.717, 1.165) is 12.2 Å². The summed E-state index contributed by atoms with van der Waals surface area (Å²) in [4.78, 5) is 1.39. The van der Waals surface area contributed by atoms with Gasteiger partial charge in [-0.15, -0.1) is 11.3 Å². The van der Waals surface area contributed by atoms with Crippen molar-refractivity contribution in [1.29, 1.82) is 0 Å². The second-order valence-electron chi connectivity index (χ2n) is 5.14. The third kappa shape index (κ3) is 3.89. The summed E-state index contributed by atoms with van der Waals surface area (Å²) in [6.07, 6.45) is 0.794. The predicted octanol–water partition coefficient (Wildman–Crippen LogP) is 4.92. The summed E-state index contributed by atoms with van der Waals surface area (Å²) in [6, 6.07) is 8.69. The molecule has 0 spiro atoms. The van der Waals surface area contributed by atoms with Gasteiger partial charge in [-0.05, 0) is 36.1 Å². The zero-order chi connectivity index (χ0) is 16.4. The van der Waals surface area contributed by atoms with Gasteiger partial charge in [-0.2, -0.15) is 16.1 Å². The average Bonchev–Trinajstić information content (AvgIpc) is 2.93. The van der Waals surface area contributed by atoms with Crippen LogP contribution in [-0.2, 0) is 10.0 Å². The molecular formula is C15H15Cl2NO2S3. The van der Waals surface area contributed by atoms with E-state index >= 15 is 0 Å². The van der Waals surface area contributed by atoms with E-state index in [4.69, 9.17) is 23.2 Å². The zero-order valence-corrected chi connectivity index (χ0v) is 16.1. The zero-order valence-electron chi connectivity index (χ0n) is 12.1. The quantitative estimate of drug-likeness (QED) is 0.723. The van der Waals surface area contributed by atoms with Gasteiger partial charge in [-0.1, -0.05) is 29.3 Å². The van der Waals surface area contributed by atoms with Crippen LogP contribution in [0.2, 0.25) is 10.0 Å². The molecule has 3 rings (SSSR count). The smallest absolute Gasteiger partial charge is 0.207 e. The van der Waals surface area contributed by atoms with Crippen LogP contribution in [0.25, 0.3) is 0 Å². The standard InChI is InChI=1S/C15H15Cl2NO2S3/c16-11-3-4-12(17)15(10-11)23(19,20)18-6-5-14(22-9-7-18)13-2-1-8-21-13/h1-4,8,10,14H,5-7,9H2. The summed E-state index contributed by atoms with van der Waals surface area (Å²) in [5.74, 6) is 0.764. The molecule has 0 bridgehead atoms. The number of sulfonamides is 1. The Morgan fingerprint density at radius 1 is 1.17 bits per heavy atom. The van der Waals surface area contributed by atoms with Crippen molar-refractivity contribution in [2.45, 2.75) is 16.6 Å². The molecule has 1 atom stereocenters. The molecule has 1 aromatic heterocycles. The van der Waals surface area contributed by atoms with Gasteiger partial charge in [0.2, 0.25) is 10.0 Å². The van der Waals surface area contributed by atoms with E-state index in [1.54, 1.807) is 17.4 Å². The van der Waals surface area contributed by atoms with E-state index in [0.29, 0.717) is 23.4 Å². The van der Waals surface area contributed by atoms with Crippen molar-refractivity contribution < 1.29 is 8.42 Å². The number of halogens is 2. The Hall–Kier alpha value is -0.240. The molecule has 2 aromatic rings. The predicted molar refractivity (Wildman–Crippen MR) is 99.4 cm³/mol. The van der Waals surface area contributed by atoms with Gasteiger partial charge in [0, 0.05) is 34.0 Å². The van der Waals surface area contributed by atoms with Gasteiger partial charge in [-0.25, -0.2) is 8.42 Å². The Morgan fingerprint density at radius 3 is 2.74 bits per heavy atom. The molecular weight excluding hydrogens is 393 g/mol. The average molecular weight is 408 g/mol. The first kappa shape index (κ1) is 17.6.